The Morgan fingerprint density at radius 2 is 2.05 bits per heavy atom. The lowest BCUT2D eigenvalue weighted by Gasteiger charge is -2.41. The molecule has 0 aliphatic carbocycles. The number of carbonyl (C=O) groups is 2. The maximum absolute atomic E-state index is 12.5. The number of H-pyrrole nitrogens is 1. The van der Waals surface area contributed by atoms with Crippen molar-refractivity contribution in [2.45, 2.75) is 38.6 Å². The Bertz CT molecular complexity index is 607. The first-order valence-electron chi connectivity index (χ1n) is 6.61. The molecule has 6 nitrogen and oxygen atoms in total. The van der Waals surface area contributed by atoms with Crippen molar-refractivity contribution < 1.29 is 14.7 Å². The van der Waals surface area contributed by atoms with Gasteiger partial charge >= 0.3 is 5.97 Å². The molecule has 1 fully saturated rings. The van der Waals surface area contributed by atoms with Gasteiger partial charge in [-0.2, -0.15) is 0 Å². The monoisotopic (exact) mass is 278 g/mol. The fourth-order valence-corrected chi connectivity index (χ4v) is 2.55. The van der Waals surface area contributed by atoms with Crippen molar-refractivity contribution in [1.29, 1.82) is 0 Å². The Morgan fingerprint density at radius 1 is 1.35 bits per heavy atom. The number of piperidine rings is 1. The van der Waals surface area contributed by atoms with Crippen LogP contribution in [0, 0.1) is 6.92 Å². The van der Waals surface area contributed by atoms with Crippen LogP contribution < -0.4 is 5.56 Å². The molecule has 1 amide bonds. The van der Waals surface area contributed by atoms with Gasteiger partial charge in [0.05, 0.1) is 0 Å². The maximum atomic E-state index is 12.5. The van der Waals surface area contributed by atoms with Crippen molar-refractivity contribution in [3.8, 4) is 0 Å². The maximum Gasteiger partial charge on any atom is 0.329 e. The number of carboxylic acid groups (broad SMARTS) is 1. The summed E-state index contributed by atoms with van der Waals surface area (Å²) in [5.74, 6) is -1.55. The molecule has 0 aromatic carbocycles. The summed E-state index contributed by atoms with van der Waals surface area (Å²) >= 11 is 0. The van der Waals surface area contributed by atoms with Crippen molar-refractivity contribution in [1.82, 2.24) is 9.88 Å². The Labute approximate surface area is 116 Å². The largest absolute Gasteiger partial charge is 0.480 e. The summed E-state index contributed by atoms with van der Waals surface area (Å²) in [6, 6.07) is 3.09. The summed E-state index contributed by atoms with van der Waals surface area (Å²) in [7, 11) is 0. The Morgan fingerprint density at radius 3 is 2.65 bits per heavy atom. The number of aromatic amines is 1. The van der Waals surface area contributed by atoms with E-state index in [2.05, 4.69) is 4.98 Å². The highest BCUT2D eigenvalue weighted by Gasteiger charge is 2.44. The number of aliphatic carboxylic acids is 1. The van der Waals surface area contributed by atoms with E-state index in [0.29, 0.717) is 18.7 Å². The summed E-state index contributed by atoms with van der Waals surface area (Å²) in [6.07, 6.45) is 1.91. The molecule has 1 aliphatic rings. The molecule has 1 aliphatic heterocycles. The number of hydrogen-bond donors (Lipinski definition) is 2. The summed E-state index contributed by atoms with van der Waals surface area (Å²) in [6.45, 7) is 3.61. The molecule has 0 radical (unpaired) electrons. The van der Waals surface area contributed by atoms with E-state index in [-0.39, 0.29) is 5.56 Å². The third-order valence-corrected chi connectivity index (χ3v) is 3.88. The lowest BCUT2D eigenvalue weighted by atomic mass is 9.88. The lowest BCUT2D eigenvalue weighted by molar-refractivity contribution is -0.150. The summed E-state index contributed by atoms with van der Waals surface area (Å²) in [4.78, 5) is 39.7. The van der Waals surface area contributed by atoms with Gasteiger partial charge < -0.3 is 15.0 Å². The highest BCUT2D eigenvalue weighted by Crippen LogP contribution is 2.29. The summed E-state index contributed by atoms with van der Waals surface area (Å²) < 4.78 is 0. The smallest absolute Gasteiger partial charge is 0.329 e. The van der Waals surface area contributed by atoms with Crippen LogP contribution in [0.3, 0.4) is 0 Å². The number of hydrogen-bond acceptors (Lipinski definition) is 3. The van der Waals surface area contributed by atoms with E-state index >= 15 is 0 Å². The number of amides is 1. The molecule has 1 aromatic heterocycles. The Balaban J connectivity index is 2.40. The van der Waals surface area contributed by atoms with Gasteiger partial charge in [0.1, 0.15) is 11.1 Å². The number of pyridine rings is 1. The lowest BCUT2D eigenvalue weighted by Crippen LogP contribution is -2.58. The first-order chi connectivity index (χ1) is 9.36. The van der Waals surface area contributed by atoms with Crippen molar-refractivity contribution in [2.24, 2.45) is 0 Å². The van der Waals surface area contributed by atoms with E-state index in [4.69, 9.17) is 0 Å². The van der Waals surface area contributed by atoms with Crippen LogP contribution in [0.2, 0.25) is 0 Å². The van der Waals surface area contributed by atoms with Gasteiger partial charge in [-0.1, -0.05) is 0 Å². The molecule has 0 bridgehead atoms. The quantitative estimate of drug-likeness (QED) is 0.849. The molecule has 108 valence electrons. The number of nitrogens with zero attached hydrogens (tertiary/aromatic N) is 1. The van der Waals surface area contributed by atoms with E-state index in [0.717, 1.165) is 12.8 Å². The zero-order chi connectivity index (χ0) is 14.9. The van der Waals surface area contributed by atoms with Gasteiger partial charge in [-0.05, 0) is 45.2 Å². The molecule has 1 atom stereocenters. The molecule has 2 heterocycles. The predicted octanol–water partition coefficient (Wildman–Crippen LogP) is 1.15. The summed E-state index contributed by atoms with van der Waals surface area (Å²) in [5, 5.41) is 9.40. The van der Waals surface area contributed by atoms with Gasteiger partial charge in [-0.15, -0.1) is 0 Å². The molecule has 20 heavy (non-hydrogen) atoms. The van der Waals surface area contributed by atoms with Crippen LogP contribution in [-0.2, 0) is 4.79 Å². The summed E-state index contributed by atoms with van der Waals surface area (Å²) in [5.41, 5.74) is -1.07. The van der Waals surface area contributed by atoms with Crippen LogP contribution >= 0.6 is 0 Å². The average molecular weight is 278 g/mol. The molecule has 1 saturated heterocycles. The minimum atomic E-state index is -1.24. The molecule has 6 heteroatoms. The van der Waals surface area contributed by atoms with Gasteiger partial charge in [-0.25, -0.2) is 4.79 Å². The van der Waals surface area contributed by atoms with Crippen molar-refractivity contribution in [2.75, 3.05) is 6.54 Å². The zero-order valence-electron chi connectivity index (χ0n) is 11.6. The van der Waals surface area contributed by atoms with E-state index in [1.165, 1.54) is 17.9 Å². The van der Waals surface area contributed by atoms with E-state index in [9.17, 15) is 19.5 Å². The van der Waals surface area contributed by atoms with E-state index in [1.807, 2.05) is 0 Å². The number of aromatic nitrogens is 1. The molecular weight excluding hydrogens is 260 g/mol. The minimum absolute atomic E-state index is 0.00928. The highest BCUT2D eigenvalue weighted by molar-refractivity contribution is 5.97. The van der Waals surface area contributed by atoms with Gasteiger partial charge in [0.2, 0.25) is 0 Å². The predicted molar refractivity (Wildman–Crippen MR) is 72.7 cm³/mol. The van der Waals surface area contributed by atoms with E-state index in [1.54, 1.807) is 13.0 Å². The first-order valence-corrected chi connectivity index (χ1v) is 6.61. The zero-order valence-corrected chi connectivity index (χ0v) is 11.6. The molecule has 0 saturated carbocycles. The highest BCUT2D eigenvalue weighted by atomic mass is 16.4. The molecule has 2 N–H and O–H groups in total. The van der Waals surface area contributed by atoms with Crippen LogP contribution in [0.5, 0.6) is 0 Å². The first kappa shape index (κ1) is 14.3. The molecule has 0 spiro atoms. The fraction of sp³-hybridized carbons (Fsp3) is 0.500. The van der Waals surface area contributed by atoms with Crippen molar-refractivity contribution >= 4 is 11.9 Å². The van der Waals surface area contributed by atoms with Crippen molar-refractivity contribution in [3.05, 3.63) is 33.7 Å². The van der Waals surface area contributed by atoms with Crippen LogP contribution in [0.15, 0.2) is 16.9 Å². The third-order valence-electron chi connectivity index (χ3n) is 3.88. The Hall–Kier alpha value is -2.11. The van der Waals surface area contributed by atoms with Crippen LogP contribution in [0.4, 0.5) is 0 Å². The number of rotatable bonds is 2. The second-order valence-corrected chi connectivity index (χ2v) is 5.38. The number of carboxylic acids is 1. The number of aryl methyl sites for hydroxylation is 1. The van der Waals surface area contributed by atoms with Crippen LogP contribution in [-0.4, -0.2) is 39.0 Å². The fourth-order valence-electron chi connectivity index (χ4n) is 2.55. The van der Waals surface area contributed by atoms with E-state index < -0.39 is 23.0 Å². The standard InChI is InChI=1S/C14H18N2O4/c1-9-5-6-10(11(17)15-9)12(18)16-8-4-3-7-14(16,2)13(19)20/h5-6H,3-4,7-8H2,1-2H3,(H,15,17)(H,19,20). The molecule has 1 unspecified atom stereocenters. The second kappa shape index (κ2) is 5.11. The van der Waals surface area contributed by atoms with Crippen molar-refractivity contribution in [3.63, 3.8) is 0 Å². The molecule has 2 rings (SSSR count). The number of nitrogens with one attached hydrogen (secondary N) is 1. The third kappa shape index (κ3) is 2.33. The normalized spacial score (nSPS) is 22.6. The van der Waals surface area contributed by atoms with Crippen LogP contribution in [0.1, 0.15) is 42.2 Å². The SMILES string of the molecule is Cc1ccc(C(=O)N2CCCCC2(C)C(=O)O)c(=O)[nH]1. The van der Waals surface area contributed by atoms with Gasteiger partial charge in [0, 0.05) is 12.2 Å². The van der Waals surface area contributed by atoms with Gasteiger partial charge in [0.25, 0.3) is 11.5 Å². The minimum Gasteiger partial charge on any atom is -0.480 e. The van der Waals surface area contributed by atoms with Gasteiger partial charge in [-0.3, -0.25) is 9.59 Å². The van der Waals surface area contributed by atoms with Gasteiger partial charge in [0.15, 0.2) is 0 Å². The Kier molecular flexibility index (Phi) is 3.65. The number of carbonyl (C=O) groups excluding carboxylic acids is 1. The molecule has 1 aromatic rings. The topological polar surface area (TPSA) is 90.5 Å². The average Bonchev–Trinajstić information content (AvgIpc) is 2.38. The number of likely N-dealkylation sites (tertiary alicyclic amines) is 1. The molecular formula is C14H18N2O4. The second-order valence-electron chi connectivity index (χ2n) is 5.38. The van der Waals surface area contributed by atoms with Crippen LogP contribution in [0.25, 0.3) is 0 Å².